The van der Waals surface area contributed by atoms with Crippen LogP contribution in [0.5, 0.6) is 0 Å². The van der Waals surface area contributed by atoms with Crippen molar-refractivity contribution in [3.63, 3.8) is 0 Å². The normalized spacial score (nSPS) is 29.6. The van der Waals surface area contributed by atoms with Crippen molar-refractivity contribution in [2.24, 2.45) is 5.92 Å². The number of imide groups is 1. The lowest BCUT2D eigenvalue weighted by molar-refractivity contribution is -0.914. The van der Waals surface area contributed by atoms with Crippen molar-refractivity contribution in [3.05, 3.63) is 0 Å². The van der Waals surface area contributed by atoms with Crippen LogP contribution in [-0.2, 0) is 14.3 Å². The number of urea groups is 1. The molecule has 24 heavy (non-hydrogen) atoms. The van der Waals surface area contributed by atoms with Gasteiger partial charge in [0.1, 0.15) is 11.5 Å². The number of quaternary nitrogens is 1. The standard InChI is InChI=1S/C17H27N3O4/c1-2-24-14(21)13-7-6-10-19(11-13)12-20-15(22)17(18-16(20)23)8-4-3-5-9-17/h13H,2-12H2,1H3,(H,18,23)/p+1/t13-/m0/s1. The summed E-state index contributed by atoms with van der Waals surface area (Å²) in [5, 5.41) is 2.95. The van der Waals surface area contributed by atoms with Crippen LogP contribution in [0.1, 0.15) is 51.9 Å². The van der Waals surface area contributed by atoms with Crippen LogP contribution in [-0.4, -0.2) is 54.7 Å². The van der Waals surface area contributed by atoms with E-state index >= 15 is 0 Å². The Bertz CT molecular complexity index is 516. The monoisotopic (exact) mass is 338 g/mol. The maximum atomic E-state index is 12.8. The third-order valence-electron chi connectivity index (χ3n) is 5.57. The van der Waals surface area contributed by atoms with Gasteiger partial charge in [-0.15, -0.1) is 0 Å². The van der Waals surface area contributed by atoms with Gasteiger partial charge in [-0.3, -0.25) is 9.59 Å². The first-order valence-corrected chi connectivity index (χ1v) is 9.20. The molecule has 3 amide bonds. The van der Waals surface area contributed by atoms with Gasteiger partial charge in [-0.25, -0.2) is 9.69 Å². The topological polar surface area (TPSA) is 80.2 Å². The molecule has 1 aliphatic carbocycles. The second-order valence-electron chi connectivity index (χ2n) is 7.26. The molecule has 2 aliphatic heterocycles. The van der Waals surface area contributed by atoms with Gasteiger partial charge in [0.05, 0.1) is 19.7 Å². The number of amides is 3. The molecule has 7 nitrogen and oxygen atoms in total. The molecule has 1 unspecified atom stereocenters. The van der Waals surface area contributed by atoms with Crippen molar-refractivity contribution >= 4 is 17.9 Å². The summed E-state index contributed by atoms with van der Waals surface area (Å²) in [6, 6.07) is -0.271. The number of hydrogen-bond acceptors (Lipinski definition) is 4. The molecule has 0 bridgehead atoms. The van der Waals surface area contributed by atoms with Gasteiger partial charge in [-0.2, -0.15) is 0 Å². The smallest absolute Gasteiger partial charge is 0.329 e. The highest BCUT2D eigenvalue weighted by Crippen LogP contribution is 2.33. The summed E-state index contributed by atoms with van der Waals surface area (Å²) in [7, 11) is 0. The fourth-order valence-corrected chi connectivity index (χ4v) is 4.29. The summed E-state index contributed by atoms with van der Waals surface area (Å²) in [5.74, 6) is -0.355. The molecule has 0 aromatic heterocycles. The predicted octanol–water partition coefficient (Wildman–Crippen LogP) is 0.0566. The van der Waals surface area contributed by atoms with Crippen LogP contribution >= 0.6 is 0 Å². The van der Waals surface area contributed by atoms with E-state index in [4.69, 9.17) is 4.74 Å². The summed E-state index contributed by atoms with van der Waals surface area (Å²) >= 11 is 0. The third-order valence-corrected chi connectivity index (χ3v) is 5.57. The molecular weight excluding hydrogens is 310 g/mol. The van der Waals surface area contributed by atoms with E-state index in [1.807, 2.05) is 6.92 Å². The highest BCUT2D eigenvalue weighted by Gasteiger charge is 2.52. The van der Waals surface area contributed by atoms with E-state index in [1.165, 1.54) is 4.90 Å². The van der Waals surface area contributed by atoms with Crippen molar-refractivity contribution in [3.8, 4) is 0 Å². The Morgan fingerprint density at radius 1 is 1.29 bits per heavy atom. The Morgan fingerprint density at radius 3 is 2.75 bits per heavy atom. The molecule has 2 atom stereocenters. The van der Waals surface area contributed by atoms with Crippen LogP contribution < -0.4 is 10.2 Å². The second-order valence-corrected chi connectivity index (χ2v) is 7.26. The summed E-state index contributed by atoms with van der Waals surface area (Å²) in [4.78, 5) is 39.6. The molecule has 7 heteroatoms. The Hall–Kier alpha value is -1.63. The van der Waals surface area contributed by atoms with Crippen molar-refractivity contribution in [1.82, 2.24) is 10.2 Å². The lowest BCUT2D eigenvalue weighted by atomic mass is 9.82. The van der Waals surface area contributed by atoms with Gasteiger partial charge < -0.3 is 15.0 Å². The maximum absolute atomic E-state index is 12.8. The quantitative estimate of drug-likeness (QED) is 0.561. The molecule has 2 saturated heterocycles. The highest BCUT2D eigenvalue weighted by molar-refractivity contribution is 6.06. The zero-order chi connectivity index (χ0) is 17.2. The molecule has 2 N–H and O–H groups in total. The van der Waals surface area contributed by atoms with Crippen LogP contribution in [0, 0.1) is 5.92 Å². The molecular formula is C17H28N3O4+. The van der Waals surface area contributed by atoms with Crippen molar-refractivity contribution in [2.75, 3.05) is 26.4 Å². The third kappa shape index (κ3) is 3.27. The minimum absolute atomic E-state index is 0.0713. The Kier molecular flexibility index (Phi) is 5.08. The number of hydrogen-bond donors (Lipinski definition) is 2. The Morgan fingerprint density at radius 2 is 2.04 bits per heavy atom. The van der Waals surface area contributed by atoms with E-state index in [0.717, 1.165) is 56.4 Å². The lowest BCUT2D eigenvalue weighted by Crippen LogP contribution is -3.15. The van der Waals surface area contributed by atoms with Gasteiger partial charge in [0, 0.05) is 0 Å². The average Bonchev–Trinajstić information content (AvgIpc) is 2.80. The summed E-state index contributed by atoms with van der Waals surface area (Å²) in [5.41, 5.74) is -0.662. The van der Waals surface area contributed by atoms with Crippen LogP contribution in [0.15, 0.2) is 0 Å². The van der Waals surface area contributed by atoms with E-state index < -0.39 is 5.54 Å². The van der Waals surface area contributed by atoms with Crippen LogP contribution in [0.25, 0.3) is 0 Å². The molecule has 1 saturated carbocycles. The number of esters is 1. The molecule has 2 heterocycles. The number of carbonyl (C=O) groups excluding carboxylic acids is 3. The van der Waals surface area contributed by atoms with Crippen LogP contribution in [0.3, 0.4) is 0 Å². The molecule has 0 aromatic rings. The first kappa shape index (κ1) is 17.2. The van der Waals surface area contributed by atoms with Crippen LogP contribution in [0.4, 0.5) is 4.79 Å². The van der Waals surface area contributed by atoms with E-state index in [9.17, 15) is 14.4 Å². The van der Waals surface area contributed by atoms with E-state index in [2.05, 4.69) is 5.32 Å². The fourth-order valence-electron chi connectivity index (χ4n) is 4.29. The van der Waals surface area contributed by atoms with E-state index in [-0.39, 0.29) is 23.8 Å². The minimum atomic E-state index is -0.662. The molecule has 1 spiro atoms. The Labute approximate surface area is 142 Å². The number of nitrogens with one attached hydrogen (secondary N) is 2. The minimum Gasteiger partial charge on any atom is -0.466 e. The number of likely N-dealkylation sites (tertiary alicyclic amines) is 1. The van der Waals surface area contributed by atoms with Crippen molar-refractivity contribution in [1.29, 1.82) is 0 Å². The molecule has 0 radical (unpaired) electrons. The first-order chi connectivity index (χ1) is 11.6. The largest absolute Gasteiger partial charge is 0.466 e. The van der Waals surface area contributed by atoms with Gasteiger partial charge in [-0.05, 0) is 32.6 Å². The van der Waals surface area contributed by atoms with Gasteiger partial charge in [0.15, 0.2) is 6.67 Å². The van der Waals surface area contributed by atoms with Gasteiger partial charge in [-0.1, -0.05) is 19.3 Å². The van der Waals surface area contributed by atoms with Gasteiger partial charge in [0.2, 0.25) is 0 Å². The zero-order valence-electron chi connectivity index (χ0n) is 14.4. The zero-order valence-corrected chi connectivity index (χ0v) is 14.4. The number of nitrogens with zero attached hydrogens (tertiary/aromatic N) is 1. The SMILES string of the molecule is CCOC(=O)[C@H]1CCC[NH+](CN2C(=O)NC3(CCCCC3)C2=O)C1. The fraction of sp³-hybridized carbons (Fsp3) is 0.824. The maximum Gasteiger partial charge on any atom is 0.329 e. The Balaban J connectivity index is 1.62. The number of rotatable bonds is 4. The number of piperidine rings is 1. The van der Waals surface area contributed by atoms with Gasteiger partial charge in [0.25, 0.3) is 5.91 Å². The molecule has 3 fully saturated rings. The lowest BCUT2D eigenvalue weighted by Gasteiger charge is -2.32. The summed E-state index contributed by atoms with van der Waals surface area (Å²) < 4.78 is 5.12. The number of carbonyl (C=O) groups is 3. The second kappa shape index (κ2) is 7.09. The van der Waals surface area contributed by atoms with Crippen molar-refractivity contribution in [2.45, 2.75) is 57.4 Å². The molecule has 3 aliphatic rings. The highest BCUT2D eigenvalue weighted by atomic mass is 16.5. The average molecular weight is 338 g/mol. The molecule has 134 valence electrons. The van der Waals surface area contributed by atoms with Crippen LogP contribution in [0.2, 0.25) is 0 Å². The van der Waals surface area contributed by atoms with E-state index in [1.54, 1.807) is 0 Å². The first-order valence-electron chi connectivity index (χ1n) is 9.20. The van der Waals surface area contributed by atoms with Gasteiger partial charge >= 0.3 is 12.0 Å². The van der Waals surface area contributed by atoms with E-state index in [0.29, 0.717) is 19.8 Å². The number of ether oxygens (including phenoxy) is 1. The summed E-state index contributed by atoms with van der Waals surface area (Å²) in [6.45, 7) is 4.05. The predicted molar refractivity (Wildman–Crippen MR) is 86.1 cm³/mol. The molecule has 3 rings (SSSR count). The summed E-state index contributed by atoms with van der Waals surface area (Å²) in [6.07, 6.45) is 6.33. The molecule has 0 aromatic carbocycles. The van der Waals surface area contributed by atoms with Crippen molar-refractivity contribution < 1.29 is 24.0 Å².